The molecule has 0 radical (unpaired) electrons. The third-order valence-corrected chi connectivity index (χ3v) is 7.76. The molecule has 5 aromatic carbocycles. The van der Waals surface area contributed by atoms with Crippen LogP contribution in [-0.2, 0) is 0 Å². The van der Waals surface area contributed by atoms with Gasteiger partial charge in [0.25, 0.3) is 0 Å². The van der Waals surface area contributed by atoms with Gasteiger partial charge in [-0.05, 0) is 109 Å². The zero-order chi connectivity index (χ0) is 27.4. The highest BCUT2D eigenvalue weighted by Gasteiger charge is 2.10. The van der Waals surface area contributed by atoms with Crippen LogP contribution in [0.15, 0.2) is 132 Å². The summed E-state index contributed by atoms with van der Waals surface area (Å²) in [7, 11) is 8.40. The Morgan fingerprint density at radius 1 is 0.308 bits per heavy atom. The molecule has 5 rings (SSSR count). The van der Waals surface area contributed by atoms with Crippen molar-refractivity contribution in [2.45, 2.75) is 0 Å². The predicted octanol–water partition coefficient (Wildman–Crippen LogP) is 9.52. The number of hydrogen-bond acceptors (Lipinski definition) is 4. The molecule has 5 heteroatoms. The van der Waals surface area contributed by atoms with E-state index >= 15 is 0 Å². The minimum absolute atomic E-state index is 1.08. The lowest BCUT2D eigenvalue weighted by atomic mass is 10.2. The second kappa shape index (κ2) is 11.7. The van der Waals surface area contributed by atoms with Crippen LogP contribution in [0.1, 0.15) is 0 Å². The van der Waals surface area contributed by atoms with Crippen molar-refractivity contribution < 1.29 is 0 Å². The molecule has 0 fully saturated rings. The monoisotopic (exact) mass is 576 g/mol. The van der Waals surface area contributed by atoms with Crippen molar-refractivity contribution in [2.24, 2.45) is 0 Å². The first-order chi connectivity index (χ1) is 18.9. The van der Waals surface area contributed by atoms with Crippen molar-refractivity contribution in [1.82, 2.24) is 0 Å². The minimum Gasteiger partial charge on any atom is -0.345 e. The summed E-state index contributed by atoms with van der Waals surface area (Å²) in [4.78, 5) is 8.80. The molecule has 0 aromatic heterocycles. The summed E-state index contributed by atoms with van der Waals surface area (Å²) in [6.45, 7) is 0. The fourth-order valence-corrected chi connectivity index (χ4v) is 4.88. The molecule has 0 saturated carbocycles. The van der Waals surface area contributed by atoms with Gasteiger partial charge < -0.3 is 19.6 Å². The van der Waals surface area contributed by atoms with Gasteiger partial charge in [0.2, 0.25) is 0 Å². The van der Waals surface area contributed by atoms with Crippen LogP contribution in [-0.4, -0.2) is 28.2 Å². The predicted molar refractivity (Wildman–Crippen MR) is 172 cm³/mol. The Morgan fingerprint density at radius 2 is 0.513 bits per heavy atom. The molecule has 0 aliphatic rings. The van der Waals surface area contributed by atoms with Crippen LogP contribution >= 0.6 is 15.9 Å². The van der Waals surface area contributed by atoms with Gasteiger partial charge in [0.1, 0.15) is 0 Å². The molecule has 0 bridgehead atoms. The SMILES string of the molecule is CN(c1ccccc1)c1ccc(N(C)c2ccc(N(C)c3ccc(N(C)c4ccc(Br)cc4)cc3)cc2)cc1. The highest BCUT2D eigenvalue weighted by molar-refractivity contribution is 9.10. The Morgan fingerprint density at radius 3 is 0.769 bits per heavy atom. The molecule has 0 atom stereocenters. The third kappa shape index (κ3) is 5.94. The van der Waals surface area contributed by atoms with E-state index in [0.717, 1.165) is 44.3 Å². The second-order valence-electron chi connectivity index (χ2n) is 9.60. The van der Waals surface area contributed by atoms with Crippen molar-refractivity contribution in [2.75, 3.05) is 47.8 Å². The number of benzene rings is 5. The van der Waals surface area contributed by atoms with Crippen molar-refractivity contribution in [3.8, 4) is 0 Å². The molecule has 0 heterocycles. The molecule has 0 spiro atoms. The van der Waals surface area contributed by atoms with Crippen LogP contribution < -0.4 is 19.6 Å². The van der Waals surface area contributed by atoms with Crippen LogP contribution in [0.2, 0.25) is 0 Å². The van der Waals surface area contributed by atoms with Gasteiger partial charge >= 0.3 is 0 Å². The number of para-hydroxylation sites is 1. The number of halogens is 1. The lowest BCUT2D eigenvalue weighted by molar-refractivity contribution is 1.17. The molecule has 4 nitrogen and oxygen atoms in total. The van der Waals surface area contributed by atoms with Crippen LogP contribution in [0.5, 0.6) is 0 Å². The van der Waals surface area contributed by atoms with Crippen LogP contribution in [0.4, 0.5) is 45.5 Å². The quantitative estimate of drug-likeness (QED) is 0.182. The van der Waals surface area contributed by atoms with E-state index in [-0.39, 0.29) is 0 Å². The highest BCUT2D eigenvalue weighted by Crippen LogP contribution is 2.32. The Kier molecular flexibility index (Phi) is 7.89. The average Bonchev–Trinajstić information content (AvgIpc) is 3.00. The van der Waals surface area contributed by atoms with Gasteiger partial charge in [-0.3, -0.25) is 0 Å². The van der Waals surface area contributed by atoms with Crippen molar-refractivity contribution in [3.63, 3.8) is 0 Å². The fourth-order valence-electron chi connectivity index (χ4n) is 4.61. The van der Waals surface area contributed by atoms with E-state index in [0.29, 0.717) is 0 Å². The summed E-state index contributed by atoms with van der Waals surface area (Å²) in [6.07, 6.45) is 0. The summed E-state index contributed by atoms with van der Waals surface area (Å²) in [5, 5.41) is 0. The second-order valence-corrected chi connectivity index (χ2v) is 10.5. The van der Waals surface area contributed by atoms with E-state index in [1.54, 1.807) is 0 Å². The van der Waals surface area contributed by atoms with Crippen molar-refractivity contribution in [3.05, 3.63) is 132 Å². The average molecular weight is 578 g/mol. The molecular formula is C34H33BrN4. The fraction of sp³-hybridized carbons (Fsp3) is 0.118. The Labute approximate surface area is 240 Å². The van der Waals surface area contributed by atoms with Gasteiger partial charge in [0, 0.05) is 78.2 Å². The summed E-state index contributed by atoms with van der Waals surface area (Å²) in [5.74, 6) is 0. The van der Waals surface area contributed by atoms with E-state index in [4.69, 9.17) is 0 Å². The normalized spacial score (nSPS) is 10.7. The maximum atomic E-state index is 3.51. The van der Waals surface area contributed by atoms with E-state index < -0.39 is 0 Å². The first-order valence-corrected chi connectivity index (χ1v) is 13.8. The third-order valence-electron chi connectivity index (χ3n) is 7.23. The maximum absolute atomic E-state index is 3.51. The molecule has 5 aromatic rings. The summed E-state index contributed by atoms with van der Waals surface area (Å²) < 4.78 is 1.08. The molecule has 196 valence electrons. The zero-order valence-electron chi connectivity index (χ0n) is 22.8. The number of nitrogens with zero attached hydrogens (tertiary/aromatic N) is 4. The molecule has 0 aliphatic carbocycles. The molecule has 0 N–H and O–H groups in total. The Bertz CT molecular complexity index is 1480. The van der Waals surface area contributed by atoms with Crippen molar-refractivity contribution in [1.29, 1.82) is 0 Å². The van der Waals surface area contributed by atoms with Gasteiger partial charge in [-0.15, -0.1) is 0 Å². The summed E-state index contributed by atoms with van der Waals surface area (Å²) in [6, 6.07) is 44.8. The van der Waals surface area contributed by atoms with Gasteiger partial charge in [0.05, 0.1) is 0 Å². The Balaban J connectivity index is 1.25. The van der Waals surface area contributed by atoms with Crippen molar-refractivity contribution >= 4 is 61.4 Å². The van der Waals surface area contributed by atoms with Gasteiger partial charge in [-0.2, -0.15) is 0 Å². The smallest absolute Gasteiger partial charge is 0.0409 e. The standard InChI is InChI=1S/C34H33BrN4/c1-36(27-8-6-5-7-9-27)29-14-16-31(17-15-29)38(3)33-22-24-34(25-23-33)39(4)32-20-18-30(19-21-32)37(2)28-12-10-26(35)11-13-28/h5-25H,1-4H3. The minimum atomic E-state index is 1.08. The maximum Gasteiger partial charge on any atom is 0.0409 e. The molecule has 0 saturated heterocycles. The summed E-state index contributed by atoms with van der Waals surface area (Å²) >= 11 is 3.51. The van der Waals surface area contributed by atoms with E-state index in [1.165, 1.54) is 5.69 Å². The van der Waals surface area contributed by atoms with Gasteiger partial charge in [-0.25, -0.2) is 0 Å². The molecule has 39 heavy (non-hydrogen) atoms. The van der Waals surface area contributed by atoms with Gasteiger partial charge in [-0.1, -0.05) is 34.1 Å². The first-order valence-electron chi connectivity index (χ1n) is 13.0. The number of anilines is 8. The van der Waals surface area contributed by atoms with Crippen LogP contribution in [0.25, 0.3) is 0 Å². The van der Waals surface area contributed by atoms with E-state index in [2.05, 4.69) is 185 Å². The topological polar surface area (TPSA) is 13.0 Å². The number of rotatable bonds is 8. The molecule has 0 amide bonds. The lowest BCUT2D eigenvalue weighted by Gasteiger charge is -2.25. The van der Waals surface area contributed by atoms with E-state index in [1.807, 2.05) is 6.07 Å². The van der Waals surface area contributed by atoms with Crippen LogP contribution in [0.3, 0.4) is 0 Å². The molecule has 0 aliphatic heterocycles. The number of hydrogen-bond donors (Lipinski definition) is 0. The molecule has 0 unspecified atom stereocenters. The highest BCUT2D eigenvalue weighted by atomic mass is 79.9. The summed E-state index contributed by atoms with van der Waals surface area (Å²) in [5.41, 5.74) is 9.19. The van der Waals surface area contributed by atoms with E-state index in [9.17, 15) is 0 Å². The van der Waals surface area contributed by atoms with Crippen LogP contribution in [0, 0.1) is 0 Å². The lowest BCUT2D eigenvalue weighted by Crippen LogP contribution is -2.13. The Hall–Kier alpha value is -4.22. The van der Waals surface area contributed by atoms with Gasteiger partial charge in [0.15, 0.2) is 0 Å². The largest absolute Gasteiger partial charge is 0.345 e. The molecular weight excluding hydrogens is 544 g/mol. The zero-order valence-corrected chi connectivity index (χ0v) is 24.4. The first kappa shape index (κ1) is 26.4.